The van der Waals surface area contributed by atoms with Crippen LogP contribution in [0.15, 0.2) is 36.0 Å². The molecule has 3 N–H and O–H groups in total. The molecular weight excluding hydrogens is 258 g/mol. The zero-order valence-electron chi connectivity index (χ0n) is 9.79. The molecule has 6 heteroatoms. The number of nitrogen functional groups attached to an aromatic ring is 1. The minimum atomic E-state index is 0.491. The Bertz CT molecular complexity index is 892. The van der Waals surface area contributed by atoms with Gasteiger partial charge >= 0.3 is 0 Å². The van der Waals surface area contributed by atoms with Crippen molar-refractivity contribution in [2.75, 3.05) is 5.73 Å². The van der Waals surface area contributed by atoms with E-state index in [2.05, 4.69) is 19.9 Å². The van der Waals surface area contributed by atoms with E-state index in [4.69, 9.17) is 5.73 Å². The van der Waals surface area contributed by atoms with Crippen LogP contribution in [0.3, 0.4) is 0 Å². The van der Waals surface area contributed by atoms with Crippen molar-refractivity contribution in [2.24, 2.45) is 0 Å². The van der Waals surface area contributed by atoms with Crippen molar-refractivity contribution in [3.05, 3.63) is 36.0 Å². The molecule has 0 spiro atoms. The van der Waals surface area contributed by atoms with E-state index in [0.29, 0.717) is 11.6 Å². The van der Waals surface area contributed by atoms with Crippen molar-refractivity contribution in [1.29, 1.82) is 0 Å². The first-order chi connectivity index (χ1) is 9.31. The van der Waals surface area contributed by atoms with Crippen LogP contribution in [0.2, 0.25) is 0 Å². The van der Waals surface area contributed by atoms with Gasteiger partial charge in [0.1, 0.15) is 11.5 Å². The van der Waals surface area contributed by atoms with Gasteiger partial charge in [0, 0.05) is 11.8 Å². The van der Waals surface area contributed by atoms with Crippen LogP contribution in [0.25, 0.3) is 32.6 Å². The lowest BCUT2D eigenvalue weighted by atomic mass is 10.2. The topological polar surface area (TPSA) is 80.5 Å². The van der Waals surface area contributed by atoms with Gasteiger partial charge in [-0.25, -0.2) is 15.0 Å². The first-order valence-electron chi connectivity index (χ1n) is 5.75. The van der Waals surface area contributed by atoms with Gasteiger partial charge in [-0.2, -0.15) is 0 Å². The summed E-state index contributed by atoms with van der Waals surface area (Å²) >= 11 is 1.60. The quantitative estimate of drug-likeness (QED) is 0.555. The second-order valence-electron chi connectivity index (χ2n) is 4.21. The van der Waals surface area contributed by atoms with Crippen LogP contribution in [-0.2, 0) is 0 Å². The number of benzene rings is 1. The molecule has 0 fully saturated rings. The van der Waals surface area contributed by atoms with Crippen LogP contribution in [0.4, 0.5) is 5.82 Å². The molecule has 0 radical (unpaired) electrons. The second-order valence-corrected chi connectivity index (χ2v) is 5.09. The summed E-state index contributed by atoms with van der Waals surface area (Å²) < 4.78 is 1.12. The summed E-state index contributed by atoms with van der Waals surface area (Å²) in [5, 5.41) is 0.850. The summed E-state index contributed by atoms with van der Waals surface area (Å²) in [6.45, 7) is 0. The van der Waals surface area contributed by atoms with E-state index in [1.54, 1.807) is 11.3 Å². The van der Waals surface area contributed by atoms with E-state index in [-0.39, 0.29) is 0 Å². The van der Waals surface area contributed by atoms with E-state index in [1.807, 2.05) is 36.0 Å². The highest BCUT2D eigenvalue weighted by atomic mass is 32.1. The molecule has 0 aliphatic heterocycles. The number of H-pyrrole nitrogens is 1. The third-order valence-corrected chi connectivity index (χ3v) is 3.83. The van der Waals surface area contributed by atoms with Crippen molar-refractivity contribution in [2.45, 2.75) is 0 Å². The molecule has 0 unspecified atom stereocenters. The molecule has 92 valence electrons. The number of hydrogen-bond acceptors (Lipinski definition) is 5. The molecule has 0 amide bonds. The SMILES string of the molecule is Nc1nc(-c2ccc3ncsc3c2)nc2[nH]ccc12. The highest BCUT2D eigenvalue weighted by Gasteiger charge is 2.09. The lowest BCUT2D eigenvalue weighted by Crippen LogP contribution is -1.96. The summed E-state index contributed by atoms with van der Waals surface area (Å²) in [7, 11) is 0. The number of thiazole rings is 1. The van der Waals surface area contributed by atoms with Gasteiger partial charge in [0.2, 0.25) is 0 Å². The average molecular weight is 267 g/mol. The molecule has 3 heterocycles. The van der Waals surface area contributed by atoms with E-state index >= 15 is 0 Å². The third kappa shape index (κ3) is 1.57. The van der Waals surface area contributed by atoms with Gasteiger partial charge in [0.25, 0.3) is 0 Å². The molecule has 0 saturated heterocycles. The van der Waals surface area contributed by atoms with Crippen molar-refractivity contribution >= 4 is 38.4 Å². The smallest absolute Gasteiger partial charge is 0.163 e. The fourth-order valence-corrected chi connectivity index (χ4v) is 2.80. The number of anilines is 1. The summed E-state index contributed by atoms with van der Waals surface area (Å²) in [6, 6.07) is 7.85. The predicted octanol–water partition coefficient (Wildman–Crippen LogP) is 2.82. The maximum Gasteiger partial charge on any atom is 0.163 e. The Balaban J connectivity index is 1.97. The van der Waals surface area contributed by atoms with Crippen LogP contribution >= 0.6 is 11.3 Å². The first kappa shape index (κ1) is 10.5. The molecule has 0 atom stereocenters. The number of hydrogen-bond donors (Lipinski definition) is 2. The Morgan fingerprint density at radius 2 is 2.11 bits per heavy atom. The highest BCUT2D eigenvalue weighted by molar-refractivity contribution is 7.16. The molecule has 5 nitrogen and oxygen atoms in total. The van der Waals surface area contributed by atoms with Crippen LogP contribution in [-0.4, -0.2) is 19.9 Å². The molecule has 0 aliphatic rings. The van der Waals surface area contributed by atoms with Gasteiger partial charge in [-0.05, 0) is 24.3 Å². The number of nitrogens with two attached hydrogens (primary N) is 1. The minimum Gasteiger partial charge on any atom is -0.383 e. The van der Waals surface area contributed by atoms with Crippen molar-refractivity contribution in [1.82, 2.24) is 19.9 Å². The summed E-state index contributed by atoms with van der Waals surface area (Å²) in [5.41, 5.74) is 10.5. The molecule has 1 aromatic carbocycles. The zero-order valence-corrected chi connectivity index (χ0v) is 10.6. The monoisotopic (exact) mass is 267 g/mol. The van der Waals surface area contributed by atoms with E-state index in [0.717, 1.165) is 26.8 Å². The third-order valence-electron chi connectivity index (χ3n) is 3.03. The maximum absolute atomic E-state index is 5.95. The van der Waals surface area contributed by atoms with Crippen molar-refractivity contribution < 1.29 is 0 Å². The second kappa shape index (κ2) is 3.76. The Morgan fingerprint density at radius 1 is 1.16 bits per heavy atom. The van der Waals surface area contributed by atoms with Gasteiger partial charge in [0.15, 0.2) is 5.82 Å². The maximum atomic E-state index is 5.95. The number of nitrogens with zero attached hydrogens (tertiary/aromatic N) is 3. The fraction of sp³-hybridized carbons (Fsp3) is 0. The lowest BCUT2D eigenvalue weighted by molar-refractivity contribution is 1.21. The largest absolute Gasteiger partial charge is 0.383 e. The minimum absolute atomic E-state index is 0.491. The van der Waals surface area contributed by atoms with E-state index in [9.17, 15) is 0 Å². The van der Waals surface area contributed by atoms with Gasteiger partial charge in [-0.1, -0.05) is 0 Å². The Labute approximate surface area is 112 Å². The van der Waals surface area contributed by atoms with Crippen molar-refractivity contribution in [3.63, 3.8) is 0 Å². The fourth-order valence-electron chi connectivity index (χ4n) is 2.09. The normalized spacial score (nSPS) is 11.4. The van der Waals surface area contributed by atoms with Crippen LogP contribution in [0, 0.1) is 0 Å². The van der Waals surface area contributed by atoms with Gasteiger partial charge in [-0.15, -0.1) is 11.3 Å². The Kier molecular flexibility index (Phi) is 2.07. The first-order valence-corrected chi connectivity index (χ1v) is 6.63. The zero-order chi connectivity index (χ0) is 12.8. The number of rotatable bonds is 1. The van der Waals surface area contributed by atoms with Gasteiger partial charge in [-0.3, -0.25) is 0 Å². The average Bonchev–Trinajstić information content (AvgIpc) is 3.06. The lowest BCUT2D eigenvalue weighted by Gasteiger charge is -2.02. The number of nitrogens with one attached hydrogen (secondary N) is 1. The van der Waals surface area contributed by atoms with E-state index < -0.39 is 0 Å². The van der Waals surface area contributed by atoms with E-state index in [1.165, 1.54) is 0 Å². The molecule has 19 heavy (non-hydrogen) atoms. The predicted molar refractivity (Wildman–Crippen MR) is 76.9 cm³/mol. The Morgan fingerprint density at radius 3 is 3.05 bits per heavy atom. The molecule has 0 aliphatic carbocycles. The van der Waals surface area contributed by atoms with Crippen molar-refractivity contribution in [3.8, 4) is 11.4 Å². The summed E-state index contributed by atoms with van der Waals surface area (Å²) in [5.74, 6) is 1.12. The number of fused-ring (bicyclic) bond motifs is 2. The molecule has 3 aromatic heterocycles. The van der Waals surface area contributed by atoms with Crippen LogP contribution in [0.1, 0.15) is 0 Å². The Hall–Kier alpha value is -2.47. The van der Waals surface area contributed by atoms with Gasteiger partial charge in [0.05, 0.1) is 21.1 Å². The van der Waals surface area contributed by atoms with Crippen LogP contribution < -0.4 is 5.73 Å². The summed E-state index contributed by atoms with van der Waals surface area (Å²) in [6.07, 6.45) is 1.81. The summed E-state index contributed by atoms with van der Waals surface area (Å²) in [4.78, 5) is 16.2. The molecular formula is C13H9N5S. The molecule has 0 saturated carbocycles. The number of aromatic nitrogens is 4. The standard InChI is InChI=1S/C13H9N5S/c14-11-8-3-4-15-13(8)18-12(17-11)7-1-2-9-10(5-7)19-6-16-9/h1-6H,(H3,14,15,17,18). The van der Waals surface area contributed by atoms with Crippen LogP contribution in [0.5, 0.6) is 0 Å². The molecule has 4 aromatic rings. The number of aromatic amines is 1. The molecule has 4 rings (SSSR count). The molecule has 0 bridgehead atoms. The van der Waals surface area contributed by atoms with Gasteiger partial charge < -0.3 is 10.7 Å². The highest BCUT2D eigenvalue weighted by Crippen LogP contribution is 2.26.